The number of nitro groups is 1. The van der Waals surface area contributed by atoms with Crippen LogP contribution >= 0.6 is 31.9 Å². The van der Waals surface area contributed by atoms with E-state index >= 15 is 0 Å². The fourth-order valence-corrected chi connectivity index (χ4v) is 4.31. The summed E-state index contributed by atoms with van der Waals surface area (Å²) in [6, 6.07) is 5.50. The van der Waals surface area contributed by atoms with Crippen LogP contribution in [0.3, 0.4) is 0 Å². The van der Waals surface area contributed by atoms with E-state index in [0.29, 0.717) is 18.5 Å². The number of fused-ring (bicyclic) bond motifs is 1. The molecule has 1 saturated carbocycles. The molecule has 1 aromatic carbocycles. The number of benzene rings is 1. The predicted molar refractivity (Wildman–Crippen MR) is 87.2 cm³/mol. The van der Waals surface area contributed by atoms with Gasteiger partial charge in [-0.15, -0.1) is 0 Å². The minimum absolute atomic E-state index is 0.0682. The molecule has 0 aromatic heterocycles. The molecule has 2 aliphatic rings. The molecular weight excluding hydrogens is 420 g/mol. The maximum absolute atomic E-state index is 12.6. The molecule has 2 amide bonds. The van der Waals surface area contributed by atoms with E-state index in [-0.39, 0.29) is 39.0 Å². The quantitative estimate of drug-likeness (QED) is 0.312. The molecular formula is C14H12Br2N2O4. The van der Waals surface area contributed by atoms with Crippen LogP contribution in [-0.2, 0) is 9.59 Å². The fraction of sp³-hybridized carbons (Fsp3) is 0.429. The molecule has 1 heterocycles. The van der Waals surface area contributed by atoms with Gasteiger partial charge in [-0.05, 0) is 25.0 Å². The van der Waals surface area contributed by atoms with Crippen LogP contribution in [0.4, 0.5) is 11.4 Å². The zero-order chi connectivity index (χ0) is 16.0. The first-order chi connectivity index (χ1) is 10.4. The molecule has 1 aliphatic heterocycles. The third-order valence-corrected chi connectivity index (χ3v) is 6.96. The van der Waals surface area contributed by atoms with Gasteiger partial charge < -0.3 is 0 Å². The topological polar surface area (TPSA) is 80.5 Å². The molecule has 0 radical (unpaired) electrons. The zero-order valence-electron chi connectivity index (χ0n) is 11.3. The lowest BCUT2D eigenvalue weighted by atomic mass is 9.81. The number of imide groups is 1. The van der Waals surface area contributed by atoms with E-state index in [0.717, 1.165) is 0 Å². The number of hydrogen-bond donors (Lipinski definition) is 0. The monoisotopic (exact) mass is 430 g/mol. The number of alkyl halides is 2. The van der Waals surface area contributed by atoms with Crippen molar-refractivity contribution in [2.24, 2.45) is 11.8 Å². The summed E-state index contributed by atoms with van der Waals surface area (Å²) in [6.45, 7) is 0. The Morgan fingerprint density at radius 3 is 1.86 bits per heavy atom. The van der Waals surface area contributed by atoms with E-state index in [9.17, 15) is 19.7 Å². The second-order valence-electron chi connectivity index (χ2n) is 5.50. The molecule has 1 saturated heterocycles. The molecule has 3 rings (SSSR count). The van der Waals surface area contributed by atoms with Gasteiger partial charge in [0.05, 0.1) is 22.4 Å². The van der Waals surface area contributed by atoms with Crippen molar-refractivity contribution < 1.29 is 14.5 Å². The lowest BCUT2D eigenvalue weighted by molar-refractivity contribution is -0.384. The van der Waals surface area contributed by atoms with Gasteiger partial charge in [-0.3, -0.25) is 24.6 Å². The summed E-state index contributed by atoms with van der Waals surface area (Å²) in [6.07, 6.45) is 1.21. The number of carbonyl (C=O) groups is 2. The van der Waals surface area contributed by atoms with Crippen LogP contribution in [0.5, 0.6) is 0 Å². The van der Waals surface area contributed by atoms with Crippen molar-refractivity contribution in [2.45, 2.75) is 22.5 Å². The average molecular weight is 432 g/mol. The molecule has 22 heavy (non-hydrogen) atoms. The molecule has 1 aromatic rings. The summed E-state index contributed by atoms with van der Waals surface area (Å²) < 4.78 is 0. The average Bonchev–Trinajstić information content (AvgIpc) is 2.72. The summed E-state index contributed by atoms with van der Waals surface area (Å²) in [5, 5.41) is 10.7. The summed E-state index contributed by atoms with van der Waals surface area (Å²) in [5.41, 5.74) is 0.327. The first-order valence-electron chi connectivity index (χ1n) is 6.80. The number of carbonyl (C=O) groups excluding carboxylic acids is 2. The lowest BCUT2D eigenvalue weighted by Crippen LogP contribution is -2.34. The van der Waals surface area contributed by atoms with Crippen molar-refractivity contribution in [3.63, 3.8) is 0 Å². The number of anilines is 1. The van der Waals surface area contributed by atoms with E-state index in [4.69, 9.17) is 0 Å². The van der Waals surface area contributed by atoms with E-state index in [2.05, 4.69) is 31.9 Å². The van der Waals surface area contributed by atoms with Crippen molar-refractivity contribution in [3.8, 4) is 0 Å². The number of non-ortho nitro benzene ring substituents is 1. The summed E-state index contributed by atoms with van der Waals surface area (Å²) in [5.74, 6) is -1.07. The highest BCUT2D eigenvalue weighted by molar-refractivity contribution is 9.12. The molecule has 6 nitrogen and oxygen atoms in total. The van der Waals surface area contributed by atoms with Crippen molar-refractivity contribution in [1.29, 1.82) is 0 Å². The van der Waals surface area contributed by atoms with Crippen LogP contribution < -0.4 is 4.90 Å². The number of rotatable bonds is 2. The van der Waals surface area contributed by atoms with Gasteiger partial charge in [0.1, 0.15) is 0 Å². The highest BCUT2D eigenvalue weighted by Crippen LogP contribution is 2.44. The summed E-state index contributed by atoms with van der Waals surface area (Å²) in [4.78, 5) is 36.8. The van der Waals surface area contributed by atoms with Crippen LogP contribution in [0, 0.1) is 22.0 Å². The van der Waals surface area contributed by atoms with Crippen LogP contribution in [0.15, 0.2) is 24.3 Å². The van der Waals surface area contributed by atoms with Gasteiger partial charge in [-0.1, -0.05) is 31.9 Å². The van der Waals surface area contributed by atoms with E-state index in [1.165, 1.54) is 29.2 Å². The first-order valence-corrected chi connectivity index (χ1v) is 8.63. The van der Waals surface area contributed by atoms with Crippen molar-refractivity contribution in [1.82, 2.24) is 0 Å². The number of amides is 2. The molecule has 116 valence electrons. The molecule has 4 atom stereocenters. The second-order valence-corrected chi connectivity index (χ2v) is 7.85. The Morgan fingerprint density at radius 1 is 1.00 bits per heavy atom. The lowest BCUT2D eigenvalue weighted by Gasteiger charge is -2.29. The van der Waals surface area contributed by atoms with Crippen molar-refractivity contribution in [3.05, 3.63) is 34.4 Å². The minimum Gasteiger partial charge on any atom is -0.274 e. The van der Waals surface area contributed by atoms with Gasteiger partial charge in [-0.2, -0.15) is 0 Å². The van der Waals surface area contributed by atoms with Gasteiger partial charge in [0.15, 0.2) is 0 Å². The smallest absolute Gasteiger partial charge is 0.269 e. The molecule has 0 unspecified atom stereocenters. The largest absolute Gasteiger partial charge is 0.274 e. The molecule has 0 bridgehead atoms. The molecule has 1 aliphatic carbocycles. The van der Waals surface area contributed by atoms with Gasteiger partial charge in [0.25, 0.3) is 5.69 Å². The maximum atomic E-state index is 12.6. The maximum Gasteiger partial charge on any atom is 0.269 e. The number of nitrogens with zero attached hydrogens (tertiary/aromatic N) is 2. The summed E-state index contributed by atoms with van der Waals surface area (Å²) >= 11 is 7.07. The Morgan fingerprint density at radius 2 is 1.45 bits per heavy atom. The standard InChI is InChI=1S/C14H12Br2N2O4/c15-11-5-9-10(6-12(11)16)14(20)17(13(9)19)7-1-3-8(4-2-7)18(21)22/h1-4,9-12H,5-6H2/t9-,10+,11-,12-/m0/s1. The summed E-state index contributed by atoms with van der Waals surface area (Å²) in [7, 11) is 0. The Balaban J connectivity index is 1.90. The van der Waals surface area contributed by atoms with Crippen LogP contribution in [0.1, 0.15) is 12.8 Å². The van der Waals surface area contributed by atoms with Gasteiger partial charge in [0, 0.05) is 21.8 Å². The van der Waals surface area contributed by atoms with E-state index in [1.54, 1.807) is 0 Å². The SMILES string of the molecule is O=C1[C@H]2C[C@H](Br)[C@@H](Br)C[C@H]2C(=O)N1c1ccc([N+](=O)[O-])cc1. The van der Waals surface area contributed by atoms with Gasteiger partial charge in [-0.25, -0.2) is 0 Å². The molecule has 8 heteroatoms. The van der Waals surface area contributed by atoms with Crippen LogP contribution in [0.2, 0.25) is 0 Å². The Bertz CT molecular complexity index is 621. The highest BCUT2D eigenvalue weighted by atomic mass is 79.9. The van der Waals surface area contributed by atoms with Crippen molar-refractivity contribution >= 4 is 55.0 Å². The van der Waals surface area contributed by atoms with Crippen LogP contribution in [0.25, 0.3) is 0 Å². The van der Waals surface area contributed by atoms with Gasteiger partial charge >= 0.3 is 0 Å². The highest BCUT2D eigenvalue weighted by Gasteiger charge is 2.52. The number of halogens is 2. The predicted octanol–water partition coefficient (Wildman–Crippen LogP) is 3.02. The van der Waals surface area contributed by atoms with E-state index in [1.807, 2.05) is 0 Å². The van der Waals surface area contributed by atoms with Crippen LogP contribution in [-0.4, -0.2) is 26.4 Å². The van der Waals surface area contributed by atoms with Gasteiger partial charge in [0.2, 0.25) is 11.8 Å². The Kier molecular flexibility index (Phi) is 4.07. The number of nitro benzene ring substituents is 1. The Hall–Kier alpha value is -1.28. The van der Waals surface area contributed by atoms with E-state index < -0.39 is 4.92 Å². The number of hydrogen-bond acceptors (Lipinski definition) is 4. The second kappa shape index (κ2) is 5.73. The third kappa shape index (κ3) is 2.48. The molecule has 0 spiro atoms. The normalized spacial score (nSPS) is 31.3. The fourth-order valence-electron chi connectivity index (χ4n) is 3.07. The minimum atomic E-state index is -0.512. The Labute approximate surface area is 143 Å². The first kappa shape index (κ1) is 15.6. The van der Waals surface area contributed by atoms with Crippen molar-refractivity contribution in [2.75, 3.05) is 4.90 Å². The zero-order valence-corrected chi connectivity index (χ0v) is 14.5. The third-order valence-electron chi connectivity index (χ3n) is 4.23. The molecule has 0 N–H and O–H groups in total. The molecule has 2 fully saturated rings.